The molecule has 29 heavy (non-hydrogen) atoms. The zero-order valence-electron chi connectivity index (χ0n) is 16.8. The lowest BCUT2D eigenvalue weighted by molar-refractivity contribution is -0.139. The maximum Gasteiger partial charge on any atom is 0.295 e. The molecule has 2 aromatic rings. The van der Waals surface area contributed by atoms with Gasteiger partial charge in [-0.1, -0.05) is 49.7 Å². The largest absolute Gasteiger partial charge is 0.507 e. The van der Waals surface area contributed by atoms with Gasteiger partial charge in [0.2, 0.25) is 0 Å². The number of ether oxygens (including phenoxy) is 2. The molecule has 0 radical (unpaired) electrons. The summed E-state index contributed by atoms with van der Waals surface area (Å²) in [5.41, 5.74) is 1.26. The number of carbonyl (C=O) groups is 2. The summed E-state index contributed by atoms with van der Waals surface area (Å²) in [7, 11) is 3.07. The van der Waals surface area contributed by atoms with Crippen LogP contribution in [0.5, 0.6) is 11.5 Å². The van der Waals surface area contributed by atoms with Crippen LogP contribution in [-0.2, 0) is 9.59 Å². The Bertz CT molecular complexity index is 936. The molecular weight excluding hydrogens is 370 g/mol. The van der Waals surface area contributed by atoms with E-state index in [9.17, 15) is 14.7 Å². The third-order valence-corrected chi connectivity index (χ3v) is 5.06. The normalized spacial score (nSPS) is 18.2. The van der Waals surface area contributed by atoms with Crippen molar-refractivity contribution in [3.8, 4) is 11.5 Å². The number of nitrogens with zero attached hydrogens (tertiary/aromatic N) is 1. The van der Waals surface area contributed by atoms with Gasteiger partial charge in [-0.3, -0.25) is 9.59 Å². The summed E-state index contributed by atoms with van der Waals surface area (Å²) >= 11 is 0. The summed E-state index contributed by atoms with van der Waals surface area (Å²) in [6, 6.07) is 13.4. The molecule has 3 rings (SSSR count). The molecule has 1 saturated heterocycles. The van der Waals surface area contributed by atoms with Gasteiger partial charge in [-0.15, -0.1) is 0 Å². The predicted molar refractivity (Wildman–Crippen MR) is 110 cm³/mol. The van der Waals surface area contributed by atoms with Crippen LogP contribution in [0.25, 0.3) is 5.76 Å². The number of hydrogen-bond acceptors (Lipinski definition) is 5. The number of aliphatic hydroxyl groups excluding tert-OH is 1. The van der Waals surface area contributed by atoms with E-state index in [0.29, 0.717) is 29.2 Å². The summed E-state index contributed by atoms with van der Waals surface area (Å²) in [4.78, 5) is 27.2. The molecule has 1 aliphatic rings. The second kappa shape index (κ2) is 8.82. The van der Waals surface area contributed by atoms with E-state index < -0.39 is 17.7 Å². The summed E-state index contributed by atoms with van der Waals surface area (Å²) in [6.07, 6.45) is 1.63. The van der Waals surface area contributed by atoms with Crippen LogP contribution < -0.4 is 9.47 Å². The van der Waals surface area contributed by atoms with Crippen molar-refractivity contribution in [2.24, 2.45) is 0 Å². The first kappa shape index (κ1) is 20.5. The molecule has 6 heteroatoms. The molecule has 1 amide bonds. The molecule has 2 aromatic carbocycles. The van der Waals surface area contributed by atoms with E-state index in [1.807, 2.05) is 13.0 Å². The average Bonchev–Trinajstić information content (AvgIpc) is 3.01. The fraction of sp³-hybridized carbons (Fsp3) is 0.304. The first-order valence-electron chi connectivity index (χ1n) is 9.59. The van der Waals surface area contributed by atoms with Crippen molar-refractivity contribution < 1.29 is 24.2 Å². The number of rotatable bonds is 7. The van der Waals surface area contributed by atoms with Crippen molar-refractivity contribution in [2.45, 2.75) is 25.8 Å². The van der Waals surface area contributed by atoms with Crippen LogP contribution in [0.2, 0.25) is 0 Å². The van der Waals surface area contributed by atoms with Gasteiger partial charge < -0.3 is 19.5 Å². The molecule has 152 valence electrons. The fourth-order valence-corrected chi connectivity index (χ4v) is 3.56. The smallest absolute Gasteiger partial charge is 0.295 e. The van der Waals surface area contributed by atoms with Gasteiger partial charge in [0.1, 0.15) is 5.76 Å². The molecule has 1 atom stereocenters. The zero-order chi connectivity index (χ0) is 21.0. The quantitative estimate of drug-likeness (QED) is 0.437. The molecule has 0 aromatic heterocycles. The lowest BCUT2D eigenvalue weighted by atomic mass is 9.95. The van der Waals surface area contributed by atoms with E-state index in [-0.39, 0.29) is 11.3 Å². The third-order valence-electron chi connectivity index (χ3n) is 5.06. The average molecular weight is 395 g/mol. The minimum absolute atomic E-state index is 0.0875. The highest BCUT2D eigenvalue weighted by Crippen LogP contribution is 2.42. The lowest BCUT2D eigenvalue weighted by Crippen LogP contribution is -2.30. The van der Waals surface area contributed by atoms with E-state index in [1.54, 1.807) is 49.6 Å². The summed E-state index contributed by atoms with van der Waals surface area (Å²) in [5.74, 6) is -0.420. The number of benzene rings is 2. The maximum absolute atomic E-state index is 12.9. The number of amides is 1. The van der Waals surface area contributed by atoms with Crippen LogP contribution in [0.15, 0.2) is 54.1 Å². The van der Waals surface area contributed by atoms with Gasteiger partial charge in [0, 0.05) is 12.1 Å². The topological polar surface area (TPSA) is 76.1 Å². The minimum atomic E-state index is -0.693. The Morgan fingerprint density at radius 2 is 1.72 bits per heavy atom. The van der Waals surface area contributed by atoms with Crippen LogP contribution >= 0.6 is 0 Å². The van der Waals surface area contributed by atoms with Crippen molar-refractivity contribution in [3.63, 3.8) is 0 Å². The summed E-state index contributed by atoms with van der Waals surface area (Å²) in [6.45, 7) is 2.44. The second-order valence-corrected chi connectivity index (χ2v) is 6.83. The Labute approximate surface area is 170 Å². The molecule has 1 aliphatic heterocycles. The van der Waals surface area contributed by atoms with E-state index >= 15 is 0 Å². The van der Waals surface area contributed by atoms with Crippen LogP contribution in [0.4, 0.5) is 0 Å². The number of likely N-dealkylation sites (tertiary alicyclic amines) is 1. The Hall–Kier alpha value is -3.28. The number of hydrogen-bond donors (Lipinski definition) is 1. The van der Waals surface area contributed by atoms with Gasteiger partial charge in [-0.05, 0) is 24.1 Å². The van der Waals surface area contributed by atoms with Gasteiger partial charge in [0.25, 0.3) is 11.7 Å². The molecule has 1 N–H and O–H groups in total. The molecule has 0 unspecified atom stereocenters. The van der Waals surface area contributed by atoms with Gasteiger partial charge >= 0.3 is 0 Å². The maximum atomic E-state index is 12.9. The number of carbonyl (C=O) groups excluding carboxylic acids is 2. The van der Waals surface area contributed by atoms with E-state index in [2.05, 4.69) is 0 Å². The number of Topliss-reactive ketones (excluding diaryl/α,β-unsaturated/α-hetero) is 1. The SMILES string of the molecule is CCCCN1C(=O)C(=O)C(=C(O)c2ccccc2)[C@H]1c1ccc(OC)c(OC)c1. The molecule has 0 spiro atoms. The Morgan fingerprint density at radius 1 is 1.03 bits per heavy atom. The van der Waals surface area contributed by atoms with Crippen LogP contribution in [-0.4, -0.2) is 42.5 Å². The number of ketones is 1. The van der Waals surface area contributed by atoms with Crippen molar-refractivity contribution in [1.29, 1.82) is 0 Å². The fourth-order valence-electron chi connectivity index (χ4n) is 3.56. The monoisotopic (exact) mass is 395 g/mol. The van der Waals surface area contributed by atoms with Crippen molar-refractivity contribution >= 4 is 17.4 Å². The highest BCUT2D eigenvalue weighted by Gasteiger charge is 2.45. The van der Waals surface area contributed by atoms with Gasteiger partial charge in [-0.2, -0.15) is 0 Å². The molecule has 0 bridgehead atoms. The first-order valence-corrected chi connectivity index (χ1v) is 9.59. The predicted octanol–water partition coefficient (Wildman–Crippen LogP) is 3.93. The summed E-state index contributed by atoms with van der Waals surface area (Å²) < 4.78 is 10.7. The highest BCUT2D eigenvalue weighted by atomic mass is 16.5. The van der Waals surface area contributed by atoms with Crippen molar-refractivity contribution in [2.75, 3.05) is 20.8 Å². The molecular formula is C23H25NO5. The standard InChI is InChI=1S/C23H25NO5/c1-4-5-13-24-20(16-11-12-17(28-2)18(14-16)29-3)19(22(26)23(24)27)21(25)15-9-7-6-8-10-15/h6-12,14,20,25H,4-5,13H2,1-3H3/t20-/m1/s1. The van der Waals surface area contributed by atoms with E-state index in [0.717, 1.165) is 12.8 Å². The van der Waals surface area contributed by atoms with Crippen LogP contribution in [0, 0.1) is 0 Å². The third kappa shape index (κ3) is 3.83. The number of aliphatic hydroxyl groups is 1. The summed E-state index contributed by atoms with van der Waals surface area (Å²) in [5, 5.41) is 10.9. The van der Waals surface area contributed by atoms with Gasteiger partial charge in [0.05, 0.1) is 25.8 Å². The number of methoxy groups -OCH3 is 2. The van der Waals surface area contributed by atoms with Gasteiger partial charge in [0.15, 0.2) is 11.5 Å². The first-order chi connectivity index (χ1) is 14.0. The molecule has 0 saturated carbocycles. The van der Waals surface area contributed by atoms with Crippen molar-refractivity contribution in [1.82, 2.24) is 4.90 Å². The molecule has 1 fully saturated rings. The minimum Gasteiger partial charge on any atom is -0.507 e. The Balaban J connectivity index is 2.18. The highest BCUT2D eigenvalue weighted by molar-refractivity contribution is 6.46. The molecule has 6 nitrogen and oxygen atoms in total. The van der Waals surface area contributed by atoms with E-state index in [4.69, 9.17) is 9.47 Å². The molecule has 0 aliphatic carbocycles. The van der Waals surface area contributed by atoms with Crippen LogP contribution in [0.3, 0.4) is 0 Å². The van der Waals surface area contributed by atoms with E-state index in [1.165, 1.54) is 12.0 Å². The second-order valence-electron chi connectivity index (χ2n) is 6.83. The molecule has 1 heterocycles. The van der Waals surface area contributed by atoms with Gasteiger partial charge in [-0.25, -0.2) is 0 Å². The number of unbranched alkanes of at least 4 members (excludes halogenated alkanes) is 1. The Kier molecular flexibility index (Phi) is 6.22. The van der Waals surface area contributed by atoms with Crippen LogP contribution in [0.1, 0.15) is 36.9 Å². The van der Waals surface area contributed by atoms with Crippen molar-refractivity contribution in [3.05, 3.63) is 65.2 Å². The lowest BCUT2D eigenvalue weighted by Gasteiger charge is -2.25. The Morgan fingerprint density at radius 3 is 2.34 bits per heavy atom. The zero-order valence-corrected chi connectivity index (χ0v) is 16.8.